The van der Waals surface area contributed by atoms with Crippen molar-refractivity contribution in [3.05, 3.63) is 94.4 Å². The van der Waals surface area contributed by atoms with Crippen LogP contribution >= 0.6 is 0 Å². The van der Waals surface area contributed by atoms with E-state index >= 15 is 0 Å². The normalized spacial score (nSPS) is 13.8. The molecule has 1 aliphatic heterocycles. The summed E-state index contributed by atoms with van der Waals surface area (Å²) >= 11 is 0. The molecule has 152 valence electrons. The summed E-state index contributed by atoms with van der Waals surface area (Å²) in [5.74, 6) is -0.288. The molecule has 1 aromatic heterocycles. The lowest BCUT2D eigenvalue weighted by Gasteiger charge is -2.18. The Hall–Kier alpha value is -3.54. The number of nitrogens with zero attached hydrogens (tertiary/aromatic N) is 2. The summed E-state index contributed by atoms with van der Waals surface area (Å²) in [5.41, 5.74) is 2.68. The minimum atomic E-state index is -0.561. The molecule has 4 rings (SSSR count). The number of halogens is 1. The lowest BCUT2D eigenvalue weighted by Crippen LogP contribution is -2.22. The number of anilines is 1. The second-order valence-corrected chi connectivity index (χ2v) is 7.31. The van der Waals surface area contributed by atoms with Crippen LogP contribution in [0.4, 0.5) is 10.2 Å². The van der Waals surface area contributed by atoms with Crippen molar-refractivity contribution in [2.45, 2.75) is 26.4 Å². The third kappa shape index (κ3) is 3.56. The number of nitrogens with one attached hydrogen (secondary N) is 1. The van der Waals surface area contributed by atoms with Crippen molar-refractivity contribution in [2.75, 3.05) is 11.9 Å². The fraction of sp³-hybridized carbons (Fsp3) is 0.208. The molecule has 0 aliphatic carbocycles. The van der Waals surface area contributed by atoms with Gasteiger partial charge in [-0.15, -0.1) is 0 Å². The van der Waals surface area contributed by atoms with Gasteiger partial charge in [0, 0.05) is 29.4 Å². The summed E-state index contributed by atoms with van der Waals surface area (Å²) in [5, 5.41) is 3.29. The van der Waals surface area contributed by atoms with Gasteiger partial charge in [0.05, 0.1) is 18.2 Å². The molecule has 0 fully saturated rings. The highest BCUT2D eigenvalue weighted by molar-refractivity contribution is 6.09. The van der Waals surface area contributed by atoms with Crippen molar-refractivity contribution in [2.24, 2.45) is 0 Å². The molecule has 30 heavy (non-hydrogen) atoms. The quantitative estimate of drug-likeness (QED) is 0.611. The van der Waals surface area contributed by atoms with Crippen molar-refractivity contribution in [1.29, 1.82) is 0 Å². The third-order valence-corrected chi connectivity index (χ3v) is 5.43. The second-order valence-electron chi connectivity index (χ2n) is 7.31. The van der Waals surface area contributed by atoms with Gasteiger partial charge in [-0.1, -0.05) is 36.4 Å². The minimum absolute atomic E-state index is 0.000393. The van der Waals surface area contributed by atoms with E-state index in [2.05, 4.69) is 10.3 Å². The Morgan fingerprint density at radius 3 is 2.67 bits per heavy atom. The molecular weight excluding hydrogens is 381 g/mol. The topological polar surface area (TPSA) is 62.3 Å². The zero-order chi connectivity index (χ0) is 21.3. The monoisotopic (exact) mass is 403 g/mol. The van der Waals surface area contributed by atoms with Crippen LogP contribution < -0.4 is 5.32 Å². The van der Waals surface area contributed by atoms with Crippen LogP contribution in [0.15, 0.2) is 60.8 Å². The van der Waals surface area contributed by atoms with Gasteiger partial charge in [0.2, 0.25) is 0 Å². The number of amides is 1. The molecule has 1 atom stereocenters. The average molecular weight is 403 g/mol. The van der Waals surface area contributed by atoms with Gasteiger partial charge in [-0.3, -0.25) is 9.59 Å². The van der Waals surface area contributed by atoms with Crippen molar-refractivity contribution in [3.63, 3.8) is 0 Å². The van der Waals surface area contributed by atoms with E-state index in [0.717, 1.165) is 5.56 Å². The highest BCUT2D eigenvalue weighted by Crippen LogP contribution is 2.30. The SMILES string of the molecule is CCN1Cc2c(ccnc2N[C@@H](C)c2ccc(C(=O)c3ccccc3)c(F)c2)C1=O. The molecule has 1 aliphatic rings. The van der Waals surface area contributed by atoms with Gasteiger partial charge in [-0.25, -0.2) is 9.37 Å². The highest BCUT2D eigenvalue weighted by Gasteiger charge is 2.29. The zero-order valence-corrected chi connectivity index (χ0v) is 16.9. The van der Waals surface area contributed by atoms with Crippen molar-refractivity contribution < 1.29 is 14.0 Å². The molecule has 2 heterocycles. The molecule has 0 saturated heterocycles. The van der Waals surface area contributed by atoms with E-state index in [4.69, 9.17) is 0 Å². The van der Waals surface area contributed by atoms with Crippen molar-refractivity contribution in [1.82, 2.24) is 9.88 Å². The number of carbonyl (C=O) groups is 2. The van der Waals surface area contributed by atoms with Gasteiger partial charge in [0.15, 0.2) is 5.78 Å². The molecule has 0 radical (unpaired) electrons. The molecule has 0 unspecified atom stereocenters. The molecule has 0 saturated carbocycles. The maximum absolute atomic E-state index is 14.7. The molecule has 0 bridgehead atoms. The van der Waals surface area contributed by atoms with Crippen LogP contribution in [0.1, 0.15) is 57.3 Å². The van der Waals surface area contributed by atoms with Gasteiger partial charge in [-0.05, 0) is 37.6 Å². The Morgan fingerprint density at radius 1 is 1.20 bits per heavy atom. The molecule has 1 N–H and O–H groups in total. The van der Waals surface area contributed by atoms with E-state index in [-0.39, 0.29) is 23.3 Å². The Kier molecular flexibility index (Phi) is 5.31. The number of benzene rings is 2. The fourth-order valence-corrected chi connectivity index (χ4v) is 3.68. The zero-order valence-electron chi connectivity index (χ0n) is 16.9. The van der Waals surface area contributed by atoms with Gasteiger partial charge in [-0.2, -0.15) is 0 Å². The number of aromatic nitrogens is 1. The molecule has 0 spiro atoms. The molecule has 6 heteroatoms. The van der Waals surface area contributed by atoms with Crippen LogP contribution in [0.5, 0.6) is 0 Å². The van der Waals surface area contributed by atoms with E-state index in [1.165, 1.54) is 12.1 Å². The maximum Gasteiger partial charge on any atom is 0.254 e. The first-order chi connectivity index (χ1) is 14.5. The number of hydrogen-bond acceptors (Lipinski definition) is 4. The number of hydrogen-bond donors (Lipinski definition) is 1. The van der Waals surface area contributed by atoms with Crippen LogP contribution in [0.2, 0.25) is 0 Å². The summed E-state index contributed by atoms with van der Waals surface area (Å²) in [4.78, 5) is 31.1. The van der Waals surface area contributed by atoms with Crippen molar-refractivity contribution >= 4 is 17.5 Å². The van der Waals surface area contributed by atoms with Gasteiger partial charge >= 0.3 is 0 Å². The summed E-state index contributed by atoms with van der Waals surface area (Å²) in [6.07, 6.45) is 1.60. The summed E-state index contributed by atoms with van der Waals surface area (Å²) in [6.45, 7) is 4.97. The first-order valence-electron chi connectivity index (χ1n) is 9.92. The Balaban J connectivity index is 1.56. The van der Waals surface area contributed by atoms with Gasteiger partial charge in [0.1, 0.15) is 11.6 Å². The van der Waals surface area contributed by atoms with Crippen LogP contribution in [0.25, 0.3) is 0 Å². The number of ketones is 1. The van der Waals surface area contributed by atoms with Crippen molar-refractivity contribution in [3.8, 4) is 0 Å². The lowest BCUT2D eigenvalue weighted by atomic mass is 9.99. The standard InChI is InChI=1S/C24H22FN3O2/c1-3-28-14-20-18(24(28)30)11-12-26-23(20)27-15(2)17-9-10-19(21(25)13-17)22(29)16-7-5-4-6-8-16/h4-13,15H,3,14H2,1-2H3,(H,26,27)/t15-/m0/s1. The predicted molar refractivity (Wildman–Crippen MR) is 113 cm³/mol. The third-order valence-electron chi connectivity index (χ3n) is 5.43. The largest absolute Gasteiger partial charge is 0.363 e. The molecule has 3 aromatic rings. The Morgan fingerprint density at radius 2 is 1.97 bits per heavy atom. The predicted octanol–water partition coefficient (Wildman–Crippen LogP) is 4.60. The number of fused-ring (bicyclic) bond motifs is 1. The molecule has 1 amide bonds. The van der Waals surface area contributed by atoms with Crippen LogP contribution in [-0.2, 0) is 6.54 Å². The second kappa shape index (κ2) is 8.06. The van der Waals surface area contributed by atoms with E-state index in [9.17, 15) is 14.0 Å². The van der Waals surface area contributed by atoms with E-state index in [1.807, 2.05) is 19.9 Å². The number of rotatable bonds is 6. The minimum Gasteiger partial charge on any atom is -0.363 e. The summed E-state index contributed by atoms with van der Waals surface area (Å²) in [7, 11) is 0. The van der Waals surface area contributed by atoms with Crippen LogP contribution in [0.3, 0.4) is 0 Å². The number of pyridine rings is 1. The molecule has 2 aromatic carbocycles. The summed E-state index contributed by atoms with van der Waals surface area (Å²) < 4.78 is 14.7. The summed E-state index contributed by atoms with van der Waals surface area (Å²) in [6, 6.07) is 14.8. The fourth-order valence-electron chi connectivity index (χ4n) is 3.68. The Labute approximate surface area is 174 Å². The van der Waals surface area contributed by atoms with E-state index in [0.29, 0.717) is 35.6 Å². The van der Waals surface area contributed by atoms with Crippen LogP contribution in [0, 0.1) is 5.82 Å². The first kappa shape index (κ1) is 19.8. The average Bonchev–Trinajstić information content (AvgIpc) is 3.10. The van der Waals surface area contributed by atoms with Gasteiger partial charge in [0.25, 0.3) is 5.91 Å². The Bertz CT molecular complexity index is 1110. The lowest BCUT2D eigenvalue weighted by molar-refractivity contribution is 0.0787. The number of carbonyl (C=O) groups excluding carboxylic acids is 2. The van der Waals surface area contributed by atoms with Gasteiger partial charge < -0.3 is 10.2 Å². The smallest absolute Gasteiger partial charge is 0.254 e. The van der Waals surface area contributed by atoms with E-state index < -0.39 is 5.82 Å². The van der Waals surface area contributed by atoms with Crippen LogP contribution in [-0.4, -0.2) is 28.1 Å². The first-order valence-corrected chi connectivity index (χ1v) is 9.92. The highest BCUT2D eigenvalue weighted by atomic mass is 19.1. The maximum atomic E-state index is 14.7. The van der Waals surface area contributed by atoms with E-state index in [1.54, 1.807) is 47.5 Å². The molecule has 5 nitrogen and oxygen atoms in total. The molecular formula is C24H22FN3O2.